The van der Waals surface area contributed by atoms with E-state index < -0.39 is 137 Å². The number of aliphatic hydroxyl groups excluding tert-OH is 1. The molecule has 3 saturated carbocycles. The number of fused-ring (bicyclic) bond motifs is 7. The molecule has 0 aromatic carbocycles. The molecular formula is C36H48O17. The molecular weight excluding hydrogens is 704 g/mol. The van der Waals surface area contributed by atoms with Crippen LogP contribution in [0.2, 0.25) is 0 Å². The van der Waals surface area contributed by atoms with Crippen LogP contribution < -0.4 is 0 Å². The topological polar surface area (TPSA) is 225 Å². The summed E-state index contributed by atoms with van der Waals surface area (Å²) in [5.41, 5.74) is -9.52. The molecule has 17 heteroatoms. The number of carbonyl (C=O) groups excluding carboxylic acids is 4. The van der Waals surface area contributed by atoms with Crippen molar-refractivity contribution in [3.63, 3.8) is 0 Å². The Kier molecular flexibility index (Phi) is 8.01. The van der Waals surface area contributed by atoms with Gasteiger partial charge in [-0.1, -0.05) is 13.0 Å². The molecule has 0 aromatic rings. The molecule has 0 aromatic heterocycles. The molecule has 5 aliphatic heterocycles. The van der Waals surface area contributed by atoms with E-state index in [1.165, 1.54) is 14.0 Å². The zero-order valence-corrected chi connectivity index (χ0v) is 30.9. The standard InChI is InChI=1S/C36H48O17/c1-9-15(2)25(39)50-18-11-19(49-16(3)37)33(27(40)45-7)13-47-22-23(33)32(18)14-48-35(43,28(41)46-8)26(32)30(4,24(22)38)36-20-10-17(31(36,5)53-36)34(42)12-21(44-6)52-29(34)51-20/h9,17-24,26,29,38,42-43H,10-14H2,1-8H3/b15-9+/t17-,18+,19-,20+,21+,22-,23-,24-,26+,29-,30-,31+,32+,33+,34+,35+,36+/m1/s1. The predicted octanol–water partition coefficient (Wildman–Crippen LogP) is -0.354. The highest BCUT2D eigenvalue weighted by molar-refractivity contribution is 5.88. The van der Waals surface area contributed by atoms with Gasteiger partial charge in [-0.3, -0.25) is 9.59 Å². The summed E-state index contributed by atoms with van der Waals surface area (Å²) in [6.45, 7) is 6.88. The van der Waals surface area contributed by atoms with Gasteiger partial charge in [0.1, 0.15) is 34.4 Å². The summed E-state index contributed by atoms with van der Waals surface area (Å²) in [5, 5.41) is 37.9. The number of methoxy groups -OCH3 is 3. The maximum atomic E-state index is 14.2. The third kappa shape index (κ3) is 4.03. The quantitative estimate of drug-likeness (QED) is 0.131. The van der Waals surface area contributed by atoms with Crippen LogP contribution in [0.4, 0.5) is 0 Å². The minimum absolute atomic E-state index is 0.0672. The van der Waals surface area contributed by atoms with Crippen molar-refractivity contribution >= 4 is 23.9 Å². The van der Waals surface area contributed by atoms with E-state index in [9.17, 15) is 34.5 Å². The van der Waals surface area contributed by atoms with E-state index in [0.717, 1.165) is 14.2 Å². The number of ether oxygens (including phenoxy) is 10. The fraction of sp³-hybridized carbons (Fsp3) is 0.833. The normalized spacial score (nSPS) is 54.2. The molecule has 3 N–H and O–H groups in total. The SMILES string of the molecule is C/C=C(\C)C(=O)O[C@H]1C[C@@H](OC(C)=O)[C@@]2(C(=O)OC)CO[C@H]3[C@@H](O)[C@@](C)([C@]45O[C@@]4(C)[C@H]4C[C@@H]5O[C@@H]5O[C@H](OC)C[C@@]54O)[C@H]4[C@]1(CO[C@]4(O)C(=O)OC)[C@@H]32. The van der Waals surface area contributed by atoms with Crippen molar-refractivity contribution < 1.29 is 81.9 Å². The minimum Gasteiger partial charge on any atom is -0.468 e. The fourth-order valence-corrected chi connectivity index (χ4v) is 12.7. The van der Waals surface area contributed by atoms with E-state index in [1.807, 2.05) is 0 Å². The van der Waals surface area contributed by atoms with Gasteiger partial charge in [0.2, 0.25) is 0 Å². The van der Waals surface area contributed by atoms with Crippen molar-refractivity contribution in [1.82, 2.24) is 0 Å². The molecule has 0 amide bonds. The van der Waals surface area contributed by atoms with Crippen LogP contribution in [0.5, 0.6) is 0 Å². The molecule has 8 fully saturated rings. The molecule has 2 bridgehead atoms. The summed E-state index contributed by atoms with van der Waals surface area (Å²) in [7, 11) is 3.69. The largest absolute Gasteiger partial charge is 0.468 e. The first-order valence-electron chi connectivity index (χ1n) is 18.0. The molecule has 1 spiro atoms. The number of allylic oxidation sites excluding steroid dienone is 1. The van der Waals surface area contributed by atoms with Crippen LogP contribution in [-0.4, -0.2) is 139 Å². The van der Waals surface area contributed by atoms with Crippen molar-refractivity contribution in [3.8, 4) is 0 Å². The van der Waals surface area contributed by atoms with E-state index in [1.54, 1.807) is 33.8 Å². The lowest BCUT2D eigenvalue weighted by atomic mass is 9.37. The van der Waals surface area contributed by atoms with Crippen LogP contribution in [-0.2, 0) is 66.5 Å². The van der Waals surface area contributed by atoms with Crippen molar-refractivity contribution in [1.29, 1.82) is 0 Å². The van der Waals surface area contributed by atoms with E-state index >= 15 is 0 Å². The highest BCUT2D eigenvalue weighted by atomic mass is 16.8. The summed E-state index contributed by atoms with van der Waals surface area (Å²) in [6.07, 6.45) is -6.77. The predicted molar refractivity (Wildman–Crippen MR) is 171 cm³/mol. The fourth-order valence-electron chi connectivity index (χ4n) is 12.7. The molecule has 0 radical (unpaired) electrons. The molecule has 5 saturated heterocycles. The number of hydrogen-bond acceptors (Lipinski definition) is 17. The summed E-state index contributed by atoms with van der Waals surface area (Å²) < 4.78 is 60.0. The Balaban J connectivity index is 1.38. The molecule has 0 unspecified atom stereocenters. The molecule has 5 heterocycles. The van der Waals surface area contributed by atoms with Crippen LogP contribution in [0.25, 0.3) is 0 Å². The van der Waals surface area contributed by atoms with Crippen molar-refractivity contribution in [3.05, 3.63) is 11.6 Å². The summed E-state index contributed by atoms with van der Waals surface area (Å²) >= 11 is 0. The Bertz CT molecular complexity index is 1670. The first-order valence-corrected chi connectivity index (χ1v) is 18.0. The monoisotopic (exact) mass is 752 g/mol. The van der Waals surface area contributed by atoms with Gasteiger partial charge in [0.05, 0.1) is 45.7 Å². The lowest BCUT2D eigenvalue weighted by molar-refractivity contribution is -0.321. The Hall–Kier alpha value is -2.74. The van der Waals surface area contributed by atoms with Gasteiger partial charge in [-0.15, -0.1) is 0 Å². The maximum Gasteiger partial charge on any atom is 0.366 e. The average Bonchev–Trinajstić information content (AvgIpc) is 3.47. The van der Waals surface area contributed by atoms with Gasteiger partial charge in [-0.2, -0.15) is 0 Å². The smallest absolute Gasteiger partial charge is 0.366 e. The highest BCUT2D eigenvalue weighted by Gasteiger charge is 2.97. The zero-order chi connectivity index (χ0) is 38.5. The second-order valence-electron chi connectivity index (χ2n) is 16.4. The lowest BCUT2D eigenvalue weighted by Crippen LogP contribution is -2.79. The second kappa shape index (κ2) is 11.4. The molecule has 17 nitrogen and oxygen atoms in total. The van der Waals surface area contributed by atoms with Gasteiger partial charge in [0.15, 0.2) is 12.6 Å². The van der Waals surface area contributed by atoms with Crippen molar-refractivity contribution in [2.24, 2.45) is 34.0 Å². The number of esters is 4. The zero-order valence-electron chi connectivity index (χ0n) is 30.9. The molecule has 8 aliphatic rings. The van der Waals surface area contributed by atoms with Crippen LogP contribution in [0.15, 0.2) is 11.6 Å². The van der Waals surface area contributed by atoms with E-state index in [0.29, 0.717) is 0 Å². The maximum absolute atomic E-state index is 14.2. The molecule has 8 rings (SSSR count). The third-order valence-corrected chi connectivity index (χ3v) is 14.7. The van der Waals surface area contributed by atoms with Gasteiger partial charge in [-0.25, -0.2) is 9.59 Å². The van der Waals surface area contributed by atoms with Gasteiger partial charge in [0, 0.05) is 61.0 Å². The average molecular weight is 753 g/mol. The van der Waals surface area contributed by atoms with Gasteiger partial charge in [-0.05, 0) is 27.2 Å². The minimum atomic E-state index is -2.84. The Morgan fingerprint density at radius 2 is 1.60 bits per heavy atom. The van der Waals surface area contributed by atoms with Crippen molar-refractivity contribution in [2.75, 3.05) is 34.5 Å². The number of carbonyl (C=O) groups is 4. The van der Waals surface area contributed by atoms with Gasteiger partial charge in [0.25, 0.3) is 5.79 Å². The van der Waals surface area contributed by atoms with Gasteiger partial charge < -0.3 is 62.7 Å². The second-order valence-corrected chi connectivity index (χ2v) is 16.4. The summed E-state index contributed by atoms with van der Waals surface area (Å²) in [5.74, 6) is -9.82. The third-order valence-electron chi connectivity index (χ3n) is 14.7. The number of rotatable bonds is 7. The lowest BCUT2D eigenvalue weighted by Gasteiger charge is -2.65. The molecule has 17 atom stereocenters. The highest BCUT2D eigenvalue weighted by Crippen LogP contribution is 2.83. The first kappa shape index (κ1) is 37.2. The molecule has 3 aliphatic carbocycles. The van der Waals surface area contributed by atoms with Crippen LogP contribution in [0.3, 0.4) is 0 Å². The number of hydrogen-bond donors (Lipinski definition) is 3. The summed E-state index contributed by atoms with van der Waals surface area (Å²) in [6, 6.07) is 0. The van der Waals surface area contributed by atoms with Crippen LogP contribution in [0, 0.1) is 34.0 Å². The number of epoxide rings is 1. The Labute approximate surface area is 305 Å². The van der Waals surface area contributed by atoms with E-state index in [-0.39, 0.29) is 24.8 Å². The molecule has 294 valence electrons. The Morgan fingerprint density at radius 1 is 0.906 bits per heavy atom. The number of aliphatic hydroxyl groups is 3. The van der Waals surface area contributed by atoms with E-state index in [2.05, 4.69) is 0 Å². The summed E-state index contributed by atoms with van der Waals surface area (Å²) in [4.78, 5) is 54.6. The first-order chi connectivity index (χ1) is 24.9. The van der Waals surface area contributed by atoms with Crippen LogP contribution >= 0.6 is 0 Å². The Morgan fingerprint density at radius 3 is 2.23 bits per heavy atom. The van der Waals surface area contributed by atoms with Gasteiger partial charge >= 0.3 is 23.9 Å². The molecule has 53 heavy (non-hydrogen) atoms. The van der Waals surface area contributed by atoms with E-state index in [4.69, 9.17) is 47.4 Å². The van der Waals surface area contributed by atoms with Crippen molar-refractivity contribution in [2.45, 2.75) is 120 Å². The van der Waals surface area contributed by atoms with Crippen LogP contribution in [0.1, 0.15) is 53.9 Å².